The molecule has 0 aliphatic rings. The average Bonchev–Trinajstić information content (AvgIpc) is 2.38. The van der Waals surface area contributed by atoms with Crippen molar-refractivity contribution >= 4 is 56.4 Å². The van der Waals surface area contributed by atoms with E-state index in [1.807, 2.05) is 24.3 Å². The molecule has 2 N–H and O–H groups in total. The Morgan fingerprint density at radius 3 is 2.20 bits per heavy atom. The average molecular weight is 374 g/mol. The van der Waals surface area contributed by atoms with Gasteiger partial charge in [0.2, 0.25) is 5.91 Å². The fraction of sp³-hybridized carbons (Fsp3) is 0.0714. The molecule has 2 aromatic rings. The Morgan fingerprint density at radius 2 is 1.60 bits per heavy atom. The second-order valence-corrected chi connectivity index (χ2v) is 5.86. The molecule has 3 nitrogen and oxygen atoms in total. The van der Waals surface area contributed by atoms with E-state index in [0.29, 0.717) is 15.7 Å². The van der Waals surface area contributed by atoms with E-state index in [-0.39, 0.29) is 12.5 Å². The van der Waals surface area contributed by atoms with Crippen molar-refractivity contribution in [3.8, 4) is 0 Å². The molecule has 6 heteroatoms. The largest absolute Gasteiger partial charge is 0.376 e. The van der Waals surface area contributed by atoms with Gasteiger partial charge in [-0.1, -0.05) is 39.1 Å². The van der Waals surface area contributed by atoms with Crippen molar-refractivity contribution in [2.24, 2.45) is 0 Å². The van der Waals surface area contributed by atoms with E-state index in [9.17, 15) is 4.79 Å². The van der Waals surface area contributed by atoms with Gasteiger partial charge in [-0.15, -0.1) is 0 Å². The third-order valence-electron chi connectivity index (χ3n) is 2.44. The molecule has 0 radical (unpaired) electrons. The number of benzene rings is 2. The Kier molecular flexibility index (Phi) is 5.29. The van der Waals surface area contributed by atoms with Crippen LogP contribution in [0.2, 0.25) is 10.0 Å². The summed E-state index contributed by atoms with van der Waals surface area (Å²) in [5, 5.41) is 6.79. The van der Waals surface area contributed by atoms with E-state index in [0.717, 1.165) is 10.2 Å². The van der Waals surface area contributed by atoms with Crippen molar-refractivity contribution in [1.82, 2.24) is 0 Å². The lowest BCUT2D eigenvalue weighted by atomic mass is 10.3. The number of hydrogen-bond donors (Lipinski definition) is 2. The monoisotopic (exact) mass is 372 g/mol. The summed E-state index contributed by atoms with van der Waals surface area (Å²) in [6, 6.07) is 12.4. The zero-order chi connectivity index (χ0) is 14.5. The fourth-order valence-corrected chi connectivity index (χ4v) is 2.37. The van der Waals surface area contributed by atoms with E-state index in [4.69, 9.17) is 23.2 Å². The van der Waals surface area contributed by atoms with Crippen LogP contribution in [0.5, 0.6) is 0 Å². The minimum Gasteiger partial charge on any atom is -0.376 e. The molecule has 0 atom stereocenters. The topological polar surface area (TPSA) is 41.1 Å². The second-order valence-electron chi connectivity index (χ2n) is 4.07. The highest BCUT2D eigenvalue weighted by Crippen LogP contribution is 2.22. The van der Waals surface area contributed by atoms with Crippen molar-refractivity contribution in [1.29, 1.82) is 0 Å². The Hall–Kier alpha value is -1.23. The van der Waals surface area contributed by atoms with Gasteiger partial charge in [-0.3, -0.25) is 4.79 Å². The summed E-state index contributed by atoms with van der Waals surface area (Å²) in [5.41, 5.74) is 1.44. The van der Waals surface area contributed by atoms with Crippen molar-refractivity contribution in [2.45, 2.75) is 0 Å². The van der Waals surface area contributed by atoms with Gasteiger partial charge in [0.05, 0.1) is 6.54 Å². The number of carbonyl (C=O) groups excluding carboxylic acids is 1. The van der Waals surface area contributed by atoms with Gasteiger partial charge in [0.1, 0.15) is 0 Å². The van der Waals surface area contributed by atoms with Crippen LogP contribution in [0.3, 0.4) is 0 Å². The zero-order valence-electron chi connectivity index (χ0n) is 10.3. The standard InChI is InChI=1S/C14H11BrCl2N2O/c15-9-1-3-12(4-2-9)19-14(20)8-18-13-6-10(16)5-11(17)7-13/h1-7,18H,8H2,(H,19,20). The third-order valence-corrected chi connectivity index (χ3v) is 3.41. The van der Waals surface area contributed by atoms with Gasteiger partial charge in [-0.25, -0.2) is 0 Å². The summed E-state index contributed by atoms with van der Waals surface area (Å²) in [4.78, 5) is 11.8. The smallest absolute Gasteiger partial charge is 0.243 e. The number of amides is 1. The lowest BCUT2D eigenvalue weighted by molar-refractivity contribution is -0.114. The molecule has 0 unspecified atom stereocenters. The van der Waals surface area contributed by atoms with Gasteiger partial charge in [0.15, 0.2) is 0 Å². The molecule has 0 aromatic heterocycles. The summed E-state index contributed by atoms with van der Waals surface area (Å²) in [7, 11) is 0. The van der Waals surface area contributed by atoms with E-state index in [2.05, 4.69) is 26.6 Å². The van der Waals surface area contributed by atoms with E-state index in [1.165, 1.54) is 0 Å². The van der Waals surface area contributed by atoms with Gasteiger partial charge in [-0.05, 0) is 42.5 Å². The van der Waals surface area contributed by atoms with Crippen molar-refractivity contribution in [2.75, 3.05) is 17.2 Å². The van der Waals surface area contributed by atoms with Gasteiger partial charge < -0.3 is 10.6 Å². The van der Waals surface area contributed by atoms with Gasteiger partial charge >= 0.3 is 0 Å². The highest BCUT2D eigenvalue weighted by Gasteiger charge is 2.03. The molecule has 0 heterocycles. The van der Waals surface area contributed by atoms with Gasteiger partial charge in [-0.2, -0.15) is 0 Å². The summed E-state index contributed by atoms with van der Waals surface area (Å²) < 4.78 is 0.960. The first-order valence-electron chi connectivity index (χ1n) is 5.78. The second kappa shape index (κ2) is 6.97. The van der Waals surface area contributed by atoms with Crippen LogP contribution in [-0.4, -0.2) is 12.5 Å². The maximum absolute atomic E-state index is 11.8. The van der Waals surface area contributed by atoms with Crippen LogP contribution >= 0.6 is 39.1 Å². The van der Waals surface area contributed by atoms with Crippen LogP contribution in [0, 0.1) is 0 Å². The predicted octanol–water partition coefficient (Wildman–Crippen LogP) is 4.81. The number of anilines is 2. The molecule has 0 bridgehead atoms. The SMILES string of the molecule is O=C(CNc1cc(Cl)cc(Cl)c1)Nc1ccc(Br)cc1. The first kappa shape index (κ1) is 15.2. The maximum atomic E-state index is 11.8. The van der Waals surface area contributed by atoms with Gasteiger partial charge in [0, 0.05) is 25.9 Å². The Balaban J connectivity index is 1.90. The minimum atomic E-state index is -0.150. The lowest BCUT2D eigenvalue weighted by Crippen LogP contribution is -2.21. The summed E-state index contributed by atoms with van der Waals surface area (Å²) in [6.07, 6.45) is 0. The van der Waals surface area contributed by atoms with Crippen LogP contribution in [0.4, 0.5) is 11.4 Å². The van der Waals surface area contributed by atoms with Crippen LogP contribution < -0.4 is 10.6 Å². The van der Waals surface area contributed by atoms with Crippen LogP contribution in [-0.2, 0) is 4.79 Å². The molecular formula is C14H11BrCl2N2O. The molecule has 20 heavy (non-hydrogen) atoms. The highest BCUT2D eigenvalue weighted by molar-refractivity contribution is 9.10. The number of rotatable bonds is 4. The minimum absolute atomic E-state index is 0.132. The normalized spacial score (nSPS) is 10.2. The molecule has 1 amide bonds. The first-order chi connectivity index (χ1) is 9.52. The Labute approximate surface area is 135 Å². The first-order valence-corrected chi connectivity index (χ1v) is 7.33. The Morgan fingerprint density at radius 1 is 1.00 bits per heavy atom. The molecule has 0 spiro atoms. The molecule has 0 fully saturated rings. The Bertz CT molecular complexity index is 597. The highest BCUT2D eigenvalue weighted by atomic mass is 79.9. The fourth-order valence-electron chi connectivity index (χ4n) is 1.58. The van der Waals surface area contributed by atoms with Crippen LogP contribution in [0.1, 0.15) is 0 Å². The van der Waals surface area contributed by atoms with E-state index in [1.54, 1.807) is 18.2 Å². The summed E-state index contributed by atoms with van der Waals surface area (Å²) in [6.45, 7) is 0.132. The summed E-state index contributed by atoms with van der Waals surface area (Å²) >= 11 is 15.1. The molecule has 104 valence electrons. The van der Waals surface area contributed by atoms with Crippen molar-refractivity contribution < 1.29 is 4.79 Å². The molecular weight excluding hydrogens is 363 g/mol. The maximum Gasteiger partial charge on any atom is 0.243 e. The van der Waals surface area contributed by atoms with E-state index < -0.39 is 0 Å². The van der Waals surface area contributed by atoms with Crippen molar-refractivity contribution in [3.63, 3.8) is 0 Å². The molecule has 0 saturated carbocycles. The van der Waals surface area contributed by atoms with E-state index >= 15 is 0 Å². The predicted molar refractivity (Wildman–Crippen MR) is 87.7 cm³/mol. The van der Waals surface area contributed by atoms with Crippen LogP contribution in [0.15, 0.2) is 46.9 Å². The lowest BCUT2D eigenvalue weighted by Gasteiger charge is -2.08. The molecule has 0 aliphatic heterocycles. The quantitative estimate of drug-likeness (QED) is 0.807. The molecule has 0 saturated heterocycles. The third kappa shape index (κ3) is 4.71. The molecule has 2 rings (SSSR count). The van der Waals surface area contributed by atoms with Gasteiger partial charge in [0.25, 0.3) is 0 Å². The number of halogens is 3. The summed E-state index contributed by atoms with van der Waals surface area (Å²) in [5.74, 6) is -0.150. The van der Waals surface area contributed by atoms with Crippen LogP contribution in [0.25, 0.3) is 0 Å². The van der Waals surface area contributed by atoms with Crippen molar-refractivity contribution in [3.05, 3.63) is 57.0 Å². The number of carbonyl (C=O) groups is 1. The molecule has 0 aliphatic carbocycles. The molecule has 2 aromatic carbocycles. The number of hydrogen-bond acceptors (Lipinski definition) is 2. The number of nitrogens with one attached hydrogen (secondary N) is 2. The zero-order valence-corrected chi connectivity index (χ0v) is 13.4.